The van der Waals surface area contributed by atoms with Crippen molar-refractivity contribution in [3.63, 3.8) is 0 Å². The monoisotopic (exact) mass is 179 g/mol. The zero-order valence-electron chi connectivity index (χ0n) is 8.07. The first-order valence-corrected chi connectivity index (χ1v) is 4.04. The van der Waals surface area contributed by atoms with Crippen LogP contribution < -0.4 is 9.57 Å². The van der Waals surface area contributed by atoms with Crippen molar-refractivity contribution in [3.8, 4) is 11.5 Å². The predicted molar refractivity (Wildman–Crippen MR) is 52.4 cm³/mol. The molecule has 3 nitrogen and oxygen atoms in total. The molecule has 0 radical (unpaired) electrons. The van der Waals surface area contributed by atoms with E-state index in [1.807, 2.05) is 32.0 Å². The third-order valence-corrected chi connectivity index (χ3v) is 1.37. The number of hydrogen-bond acceptors (Lipinski definition) is 3. The van der Waals surface area contributed by atoms with Gasteiger partial charge in [0.05, 0.1) is 12.8 Å². The zero-order valence-corrected chi connectivity index (χ0v) is 8.07. The minimum atomic E-state index is 0.681. The molecule has 0 N–H and O–H groups in total. The highest BCUT2D eigenvalue weighted by molar-refractivity contribution is 5.78. The highest BCUT2D eigenvalue weighted by Gasteiger charge is 1.95. The van der Waals surface area contributed by atoms with Crippen LogP contribution in [-0.2, 0) is 0 Å². The standard InChI is InChI=1S/C10H13NO2/c1-8(2)11-13-10-6-4-5-9(7-10)12-3/h4-7H,1-3H3. The fourth-order valence-corrected chi connectivity index (χ4v) is 0.802. The van der Waals surface area contributed by atoms with E-state index in [1.165, 1.54) is 0 Å². The van der Waals surface area contributed by atoms with E-state index in [-0.39, 0.29) is 0 Å². The average Bonchev–Trinajstić information content (AvgIpc) is 2.15. The number of nitrogens with zero attached hydrogens (tertiary/aromatic N) is 1. The first kappa shape index (κ1) is 9.58. The van der Waals surface area contributed by atoms with Gasteiger partial charge in [0.15, 0.2) is 5.75 Å². The van der Waals surface area contributed by atoms with Gasteiger partial charge in [0, 0.05) is 6.07 Å². The Morgan fingerprint density at radius 3 is 2.54 bits per heavy atom. The number of oxime groups is 1. The molecular weight excluding hydrogens is 166 g/mol. The van der Waals surface area contributed by atoms with Crippen LogP contribution in [0, 0.1) is 0 Å². The number of methoxy groups -OCH3 is 1. The van der Waals surface area contributed by atoms with E-state index in [0.717, 1.165) is 11.5 Å². The summed E-state index contributed by atoms with van der Waals surface area (Å²) in [5.74, 6) is 1.45. The lowest BCUT2D eigenvalue weighted by Gasteiger charge is -2.01. The summed E-state index contributed by atoms with van der Waals surface area (Å²) in [6.07, 6.45) is 0. The average molecular weight is 179 g/mol. The Bertz CT molecular complexity index is 304. The highest BCUT2D eigenvalue weighted by atomic mass is 16.6. The molecule has 0 amide bonds. The van der Waals surface area contributed by atoms with Gasteiger partial charge in [0.25, 0.3) is 0 Å². The molecule has 1 aromatic rings. The van der Waals surface area contributed by atoms with Crippen LogP contribution >= 0.6 is 0 Å². The normalized spacial score (nSPS) is 9.15. The van der Waals surface area contributed by atoms with Crippen LogP contribution in [0.5, 0.6) is 11.5 Å². The second kappa shape index (κ2) is 4.50. The van der Waals surface area contributed by atoms with E-state index in [2.05, 4.69) is 5.16 Å². The summed E-state index contributed by atoms with van der Waals surface area (Å²) in [5, 5.41) is 3.83. The van der Waals surface area contributed by atoms with Gasteiger partial charge in [-0.25, -0.2) is 0 Å². The molecule has 0 unspecified atom stereocenters. The van der Waals surface area contributed by atoms with E-state index < -0.39 is 0 Å². The first-order chi connectivity index (χ1) is 6.22. The van der Waals surface area contributed by atoms with E-state index >= 15 is 0 Å². The first-order valence-electron chi connectivity index (χ1n) is 4.04. The van der Waals surface area contributed by atoms with Crippen LogP contribution in [0.3, 0.4) is 0 Å². The number of benzene rings is 1. The third kappa shape index (κ3) is 3.15. The van der Waals surface area contributed by atoms with Crippen LogP contribution in [0.2, 0.25) is 0 Å². The van der Waals surface area contributed by atoms with Crippen molar-refractivity contribution in [2.75, 3.05) is 7.11 Å². The van der Waals surface area contributed by atoms with Gasteiger partial charge >= 0.3 is 0 Å². The van der Waals surface area contributed by atoms with Gasteiger partial charge in [-0.1, -0.05) is 11.2 Å². The molecule has 1 rings (SSSR count). The molecule has 13 heavy (non-hydrogen) atoms. The fraction of sp³-hybridized carbons (Fsp3) is 0.300. The molecule has 70 valence electrons. The molecule has 0 spiro atoms. The van der Waals surface area contributed by atoms with Gasteiger partial charge in [-0.2, -0.15) is 0 Å². The van der Waals surface area contributed by atoms with Crippen LogP contribution in [0.4, 0.5) is 0 Å². The molecule has 0 fully saturated rings. The maximum atomic E-state index is 5.12. The molecule has 0 aromatic heterocycles. The highest BCUT2D eigenvalue weighted by Crippen LogP contribution is 2.18. The maximum absolute atomic E-state index is 5.12. The summed E-state index contributed by atoms with van der Waals surface area (Å²) in [7, 11) is 1.62. The molecule has 0 bridgehead atoms. The predicted octanol–water partition coefficient (Wildman–Crippen LogP) is 2.47. The van der Waals surface area contributed by atoms with E-state index in [4.69, 9.17) is 9.57 Å². The van der Waals surface area contributed by atoms with Crippen molar-refractivity contribution in [1.29, 1.82) is 0 Å². The van der Waals surface area contributed by atoms with E-state index in [9.17, 15) is 0 Å². The smallest absolute Gasteiger partial charge is 0.161 e. The van der Waals surface area contributed by atoms with Gasteiger partial charge < -0.3 is 9.57 Å². The Morgan fingerprint density at radius 1 is 1.23 bits per heavy atom. The molecule has 0 aliphatic heterocycles. The van der Waals surface area contributed by atoms with E-state index in [0.29, 0.717) is 5.75 Å². The van der Waals surface area contributed by atoms with Crippen LogP contribution in [0.1, 0.15) is 13.8 Å². The zero-order chi connectivity index (χ0) is 9.68. The lowest BCUT2D eigenvalue weighted by molar-refractivity contribution is 0.336. The number of rotatable bonds is 3. The Hall–Kier alpha value is -1.51. The van der Waals surface area contributed by atoms with E-state index in [1.54, 1.807) is 13.2 Å². The van der Waals surface area contributed by atoms with Crippen LogP contribution in [0.15, 0.2) is 29.4 Å². The molecule has 0 aliphatic carbocycles. The fourth-order valence-electron chi connectivity index (χ4n) is 0.802. The van der Waals surface area contributed by atoms with Gasteiger partial charge in [-0.05, 0) is 26.0 Å². The SMILES string of the molecule is COc1cccc(ON=C(C)C)c1. The molecule has 0 aliphatic rings. The van der Waals surface area contributed by atoms with Gasteiger partial charge in [-0.3, -0.25) is 0 Å². The second-order valence-corrected chi connectivity index (χ2v) is 2.81. The minimum Gasteiger partial charge on any atom is -0.497 e. The van der Waals surface area contributed by atoms with Crippen molar-refractivity contribution in [2.45, 2.75) is 13.8 Å². The van der Waals surface area contributed by atoms with Crippen molar-refractivity contribution in [2.24, 2.45) is 5.16 Å². The lowest BCUT2D eigenvalue weighted by Crippen LogP contribution is -1.89. The van der Waals surface area contributed by atoms with Gasteiger partial charge in [-0.15, -0.1) is 0 Å². The molecule has 0 saturated carbocycles. The summed E-state index contributed by atoms with van der Waals surface area (Å²) >= 11 is 0. The van der Waals surface area contributed by atoms with Crippen LogP contribution in [-0.4, -0.2) is 12.8 Å². The molecule has 0 atom stereocenters. The van der Waals surface area contributed by atoms with Crippen molar-refractivity contribution < 1.29 is 9.57 Å². The number of ether oxygens (including phenoxy) is 1. The Kier molecular flexibility index (Phi) is 3.31. The molecule has 3 heteroatoms. The second-order valence-electron chi connectivity index (χ2n) is 2.81. The van der Waals surface area contributed by atoms with Gasteiger partial charge in [0.1, 0.15) is 5.75 Å². The molecular formula is C10H13NO2. The molecule has 1 aromatic carbocycles. The largest absolute Gasteiger partial charge is 0.497 e. The lowest BCUT2D eigenvalue weighted by atomic mass is 10.3. The van der Waals surface area contributed by atoms with Crippen LogP contribution in [0.25, 0.3) is 0 Å². The summed E-state index contributed by atoms with van der Waals surface area (Å²) in [4.78, 5) is 5.12. The van der Waals surface area contributed by atoms with Gasteiger partial charge in [0.2, 0.25) is 0 Å². The van der Waals surface area contributed by atoms with Crippen molar-refractivity contribution in [1.82, 2.24) is 0 Å². The number of hydrogen-bond donors (Lipinski definition) is 0. The minimum absolute atomic E-state index is 0.681. The summed E-state index contributed by atoms with van der Waals surface area (Å²) < 4.78 is 5.03. The third-order valence-electron chi connectivity index (χ3n) is 1.37. The Balaban J connectivity index is 2.72. The molecule has 0 heterocycles. The summed E-state index contributed by atoms with van der Waals surface area (Å²) in [5.41, 5.74) is 0.878. The van der Waals surface area contributed by atoms with Crippen molar-refractivity contribution in [3.05, 3.63) is 24.3 Å². The maximum Gasteiger partial charge on any atom is 0.161 e. The topological polar surface area (TPSA) is 30.8 Å². The summed E-state index contributed by atoms with van der Waals surface area (Å²) in [6.45, 7) is 3.75. The summed E-state index contributed by atoms with van der Waals surface area (Å²) in [6, 6.07) is 7.32. The Labute approximate surface area is 78.0 Å². The quantitative estimate of drug-likeness (QED) is 0.527. The Morgan fingerprint density at radius 2 is 1.92 bits per heavy atom. The molecule has 0 saturated heterocycles. The van der Waals surface area contributed by atoms with Crippen molar-refractivity contribution >= 4 is 5.71 Å².